The van der Waals surface area contributed by atoms with Gasteiger partial charge >= 0.3 is 5.97 Å². The molecule has 0 aliphatic carbocycles. The normalized spacial score (nSPS) is 17.5. The maximum atomic E-state index is 13.4. The second kappa shape index (κ2) is 12.3. The fourth-order valence-corrected chi connectivity index (χ4v) is 5.30. The number of esters is 1. The number of nitrogens with one attached hydrogen (secondary N) is 1. The Kier molecular flexibility index (Phi) is 8.94. The Morgan fingerprint density at radius 1 is 1.11 bits per heavy atom. The van der Waals surface area contributed by atoms with E-state index in [0.717, 1.165) is 28.4 Å². The molecule has 0 saturated heterocycles. The van der Waals surface area contributed by atoms with Gasteiger partial charge in [-0.2, -0.15) is 0 Å². The minimum atomic E-state index is -0.508. The summed E-state index contributed by atoms with van der Waals surface area (Å²) in [6.07, 6.45) is 0.753. The van der Waals surface area contributed by atoms with Crippen LogP contribution in [-0.2, 0) is 20.9 Å². The van der Waals surface area contributed by atoms with Crippen LogP contribution in [-0.4, -0.2) is 34.1 Å². The van der Waals surface area contributed by atoms with E-state index in [1.54, 1.807) is 0 Å². The summed E-state index contributed by atoms with van der Waals surface area (Å²) in [6.45, 7) is 9.94. The predicted octanol–water partition coefficient (Wildman–Crippen LogP) is 6.10. The van der Waals surface area contributed by atoms with Crippen LogP contribution in [0.15, 0.2) is 82.0 Å². The number of hydrogen-bond acceptors (Lipinski definition) is 7. The van der Waals surface area contributed by atoms with Crippen molar-refractivity contribution in [2.45, 2.75) is 72.3 Å². The molecular weight excluding hydrogens is 498 g/mol. The van der Waals surface area contributed by atoms with Gasteiger partial charge in [-0.1, -0.05) is 61.2 Å². The van der Waals surface area contributed by atoms with E-state index >= 15 is 0 Å². The number of thioether (sulfide) groups is 1. The first-order valence-electron chi connectivity index (χ1n) is 13.0. The zero-order valence-corrected chi connectivity index (χ0v) is 23.4. The average Bonchev–Trinajstić information content (AvgIpc) is 3.28. The van der Waals surface area contributed by atoms with Crippen molar-refractivity contribution in [3.8, 4) is 5.75 Å². The number of carbonyl (C=O) groups is 2. The molecule has 2 aromatic rings. The molecule has 2 heterocycles. The van der Waals surface area contributed by atoms with Crippen LogP contribution in [0.4, 0.5) is 0 Å². The lowest BCUT2D eigenvalue weighted by molar-refractivity contribution is -0.143. The lowest BCUT2D eigenvalue weighted by Gasteiger charge is -2.36. The Labute approximate surface area is 229 Å². The molecule has 1 amide bonds. The van der Waals surface area contributed by atoms with Gasteiger partial charge in [0.1, 0.15) is 12.4 Å². The van der Waals surface area contributed by atoms with E-state index in [1.807, 2.05) is 99.5 Å². The van der Waals surface area contributed by atoms with Crippen molar-refractivity contribution >= 4 is 28.8 Å². The zero-order valence-electron chi connectivity index (χ0n) is 22.6. The Morgan fingerprint density at radius 3 is 2.58 bits per heavy atom. The molecule has 38 heavy (non-hydrogen) atoms. The molecule has 2 aromatic carbocycles. The van der Waals surface area contributed by atoms with Crippen LogP contribution in [0.25, 0.3) is 0 Å². The lowest BCUT2D eigenvalue weighted by Crippen LogP contribution is -2.39. The van der Waals surface area contributed by atoms with E-state index < -0.39 is 12.0 Å². The molecule has 0 spiro atoms. The van der Waals surface area contributed by atoms with E-state index in [4.69, 9.17) is 14.5 Å². The Hall–Kier alpha value is -3.52. The first kappa shape index (κ1) is 27.5. The summed E-state index contributed by atoms with van der Waals surface area (Å²) < 4.78 is 11.8. The van der Waals surface area contributed by atoms with Gasteiger partial charge < -0.3 is 19.7 Å². The number of carbonyl (C=O) groups excluding carboxylic acids is 2. The molecule has 2 atom stereocenters. The highest BCUT2D eigenvalue weighted by molar-refractivity contribution is 8.16. The number of nitrogens with zero attached hydrogens (tertiary/aromatic N) is 2. The minimum absolute atomic E-state index is 0.0660. The second-order valence-electron chi connectivity index (χ2n) is 9.75. The van der Waals surface area contributed by atoms with Crippen molar-refractivity contribution in [2.75, 3.05) is 0 Å². The largest absolute Gasteiger partial charge is 0.489 e. The first-order chi connectivity index (χ1) is 18.3. The summed E-state index contributed by atoms with van der Waals surface area (Å²) in [6, 6.07) is 17.3. The van der Waals surface area contributed by atoms with Gasteiger partial charge in [-0.05, 0) is 62.8 Å². The van der Waals surface area contributed by atoms with Crippen LogP contribution in [0.3, 0.4) is 0 Å². The Bertz CT molecular complexity index is 1270. The third-order valence-corrected chi connectivity index (χ3v) is 7.24. The third-order valence-electron chi connectivity index (χ3n) is 6.35. The van der Waals surface area contributed by atoms with Crippen LogP contribution in [0, 0.1) is 0 Å². The molecule has 200 valence electrons. The van der Waals surface area contributed by atoms with Gasteiger partial charge in [-0.15, -0.1) is 0 Å². The van der Waals surface area contributed by atoms with Crippen molar-refractivity contribution in [1.29, 1.82) is 0 Å². The maximum Gasteiger partial charge on any atom is 0.338 e. The van der Waals surface area contributed by atoms with Crippen molar-refractivity contribution in [1.82, 2.24) is 10.2 Å². The molecular formula is C30H35N3O4S. The van der Waals surface area contributed by atoms with Crippen LogP contribution in [0.1, 0.15) is 64.6 Å². The zero-order chi connectivity index (χ0) is 27.2. The average molecular weight is 534 g/mol. The van der Waals surface area contributed by atoms with Crippen LogP contribution in [0.5, 0.6) is 5.75 Å². The molecule has 1 N–H and O–H groups in total. The van der Waals surface area contributed by atoms with E-state index in [0.29, 0.717) is 23.6 Å². The molecule has 4 rings (SSSR count). The van der Waals surface area contributed by atoms with Gasteiger partial charge in [0.2, 0.25) is 5.91 Å². The summed E-state index contributed by atoms with van der Waals surface area (Å²) in [5, 5.41) is 5.72. The number of aliphatic imine (C=N–C) groups is 1. The molecule has 0 radical (unpaired) electrons. The van der Waals surface area contributed by atoms with Gasteiger partial charge in [0.15, 0.2) is 5.17 Å². The minimum Gasteiger partial charge on any atom is -0.489 e. The van der Waals surface area contributed by atoms with Crippen molar-refractivity contribution < 1.29 is 19.1 Å². The SMILES string of the molecule is CCC(C)NC(=O)CC1=CSC2=NC(C)=C(C(=O)OC(C)C)C(c3cccc(OCc4ccccc4)c3)N12. The van der Waals surface area contributed by atoms with Gasteiger partial charge in [0, 0.05) is 11.7 Å². The quantitative estimate of drug-likeness (QED) is 0.372. The van der Waals surface area contributed by atoms with E-state index in [-0.39, 0.29) is 24.5 Å². The first-order valence-corrected chi connectivity index (χ1v) is 13.9. The summed E-state index contributed by atoms with van der Waals surface area (Å²) in [7, 11) is 0. The number of hydrogen-bond donors (Lipinski definition) is 1. The van der Waals surface area contributed by atoms with Gasteiger partial charge in [0.25, 0.3) is 0 Å². The van der Waals surface area contributed by atoms with E-state index in [2.05, 4.69) is 5.32 Å². The number of rotatable bonds is 10. The number of ether oxygens (including phenoxy) is 2. The fourth-order valence-electron chi connectivity index (χ4n) is 4.33. The Balaban J connectivity index is 1.68. The third kappa shape index (κ3) is 6.48. The molecule has 2 aliphatic heterocycles. The molecule has 7 nitrogen and oxygen atoms in total. The van der Waals surface area contributed by atoms with Gasteiger partial charge in [-0.25, -0.2) is 9.79 Å². The summed E-state index contributed by atoms with van der Waals surface area (Å²) in [5.74, 6) is 0.210. The summed E-state index contributed by atoms with van der Waals surface area (Å²) >= 11 is 1.46. The Morgan fingerprint density at radius 2 is 1.87 bits per heavy atom. The summed E-state index contributed by atoms with van der Waals surface area (Å²) in [5.41, 5.74) is 3.77. The maximum absolute atomic E-state index is 13.4. The lowest BCUT2D eigenvalue weighted by atomic mass is 9.93. The smallest absolute Gasteiger partial charge is 0.338 e. The second-order valence-corrected chi connectivity index (χ2v) is 10.6. The molecule has 0 fully saturated rings. The summed E-state index contributed by atoms with van der Waals surface area (Å²) in [4.78, 5) is 32.9. The van der Waals surface area contributed by atoms with Crippen molar-refractivity contribution in [3.63, 3.8) is 0 Å². The molecule has 2 aliphatic rings. The number of allylic oxidation sites excluding steroid dienone is 1. The van der Waals surface area contributed by atoms with E-state index in [9.17, 15) is 9.59 Å². The monoisotopic (exact) mass is 533 g/mol. The number of fused-ring (bicyclic) bond motifs is 1. The highest BCUT2D eigenvalue weighted by Gasteiger charge is 2.41. The fraction of sp³-hybridized carbons (Fsp3) is 0.367. The highest BCUT2D eigenvalue weighted by Crippen LogP contribution is 2.45. The number of amides is 1. The van der Waals surface area contributed by atoms with Crippen molar-refractivity contribution in [2.24, 2.45) is 4.99 Å². The molecule has 8 heteroatoms. The standard InChI is InChI=1S/C30H35N3O4S/c1-6-20(4)31-26(34)16-24-18-38-30-32-21(5)27(29(35)37-19(2)3)28(33(24)30)23-13-10-14-25(15-23)36-17-22-11-8-7-9-12-22/h7-15,18-20,28H,6,16-17H2,1-5H3,(H,31,34). The highest BCUT2D eigenvalue weighted by atomic mass is 32.2. The van der Waals surface area contributed by atoms with Gasteiger partial charge in [0.05, 0.1) is 29.8 Å². The van der Waals surface area contributed by atoms with Gasteiger partial charge in [-0.3, -0.25) is 4.79 Å². The number of benzene rings is 2. The van der Waals surface area contributed by atoms with Crippen molar-refractivity contribution in [3.05, 3.63) is 88.1 Å². The predicted molar refractivity (Wildman–Crippen MR) is 151 cm³/mol. The molecule has 2 unspecified atom stereocenters. The van der Waals surface area contributed by atoms with Crippen LogP contribution >= 0.6 is 11.8 Å². The number of amidine groups is 1. The molecule has 0 aromatic heterocycles. The van der Waals surface area contributed by atoms with Crippen LogP contribution in [0.2, 0.25) is 0 Å². The van der Waals surface area contributed by atoms with E-state index in [1.165, 1.54) is 11.8 Å². The molecule has 0 saturated carbocycles. The topological polar surface area (TPSA) is 80.2 Å². The van der Waals surface area contributed by atoms with Crippen LogP contribution < -0.4 is 10.1 Å². The molecule has 0 bridgehead atoms.